The molecule has 1 fully saturated rings. The van der Waals surface area contributed by atoms with E-state index in [4.69, 9.17) is 14.6 Å². The van der Waals surface area contributed by atoms with E-state index in [-0.39, 0.29) is 23.7 Å². The smallest absolute Gasteiger partial charge is 0.411 e. The molecule has 4 rings (SSSR count). The Hall–Kier alpha value is -3.56. The third-order valence-corrected chi connectivity index (χ3v) is 5.61. The molecule has 34 heavy (non-hydrogen) atoms. The van der Waals surface area contributed by atoms with E-state index in [9.17, 15) is 14.4 Å². The Morgan fingerprint density at radius 2 is 1.91 bits per heavy atom. The summed E-state index contributed by atoms with van der Waals surface area (Å²) in [5.41, 5.74) is 1.62. The zero-order chi connectivity index (χ0) is 24.6. The van der Waals surface area contributed by atoms with Crippen LogP contribution in [0.3, 0.4) is 0 Å². The molecule has 10 heteroatoms. The van der Waals surface area contributed by atoms with Gasteiger partial charge in [0.1, 0.15) is 11.2 Å². The highest BCUT2D eigenvalue weighted by molar-refractivity contribution is 6.06. The minimum absolute atomic E-state index is 0.0418. The van der Waals surface area contributed by atoms with Gasteiger partial charge in [-0.1, -0.05) is 6.07 Å². The van der Waals surface area contributed by atoms with Crippen molar-refractivity contribution in [2.24, 2.45) is 0 Å². The standard InChI is InChI=1S/C24H31N5O5/c1-14(2)33-22(31)25-16-7-6-8-17-20(16)21-26-19(30)13-18(29(21)27-17)15-9-11-28(12-10-15)23(32)34-24(3,4)5/h6-8,13-15H,9-12H2,1-5H3,(H,25,31)(H,26,30). The molecule has 0 unspecified atom stereocenters. The largest absolute Gasteiger partial charge is 0.447 e. The molecule has 3 aromatic rings. The number of nitrogens with one attached hydrogen (secondary N) is 2. The average Bonchev–Trinajstić information content (AvgIpc) is 3.11. The van der Waals surface area contributed by atoms with Gasteiger partial charge < -0.3 is 19.4 Å². The fourth-order valence-electron chi connectivity index (χ4n) is 4.22. The van der Waals surface area contributed by atoms with Crippen LogP contribution in [0.25, 0.3) is 16.6 Å². The number of aromatic nitrogens is 3. The van der Waals surface area contributed by atoms with Crippen molar-refractivity contribution in [2.45, 2.75) is 65.1 Å². The van der Waals surface area contributed by atoms with E-state index in [0.29, 0.717) is 48.2 Å². The Morgan fingerprint density at radius 1 is 1.21 bits per heavy atom. The fourth-order valence-corrected chi connectivity index (χ4v) is 4.22. The van der Waals surface area contributed by atoms with Gasteiger partial charge in [-0.05, 0) is 59.6 Å². The van der Waals surface area contributed by atoms with E-state index in [1.165, 1.54) is 0 Å². The van der Waals surface area contributed by atoms with E-state index in [2.05, 4.69) is 10.3 Å². The van der Waals surface area contributed by atoms with E-state index < -0.39 is 11.7 Å². The molecule has 10 nitrogen and oxygen atoms in total. The lowest BCUT2D eigenvalue weighted by Gasteiger charge is -2.33. The average molecular weight is 470 g/mol. The number of ether oxygens (including phenoxy) is 2. The summed E-state index contributed by atoms with van der Waals surface area (Å²) in [6, 6.07) is 6.92. The molecule has 3 heterocycles. The maximum Gasteiger partial charge on any atom is 0.411 e. The van der Waals surface area contributed by atoms with Crippen molar-refractivity contribution in [3.63, 3.8) is 0 Å². The number of amides is 2. The molecule has 0 aliphatic carbocycles. The number of fused-ring (bicyclic) bond motifs is 3. The molecule has 1 aliphatic heterocycles. The van der Waals surface area contributed by atoms with Crippen molar-refractivity contribution in [3.8, 4) is 0 Å². The Balaban J connectivity index is 1.64. The van der Waals surface area contributed by atoms with Crippen LogP contribution in [0.5, 0.6) is 0 Å². The molecule has 2 amide bonds. The van der Waals surface area contributed by atoms with Crippen molar-refractivity contribution in [1.29, 1.82) is 0 Å². The number of rotatable bonds is 3. The maximum atomic E-state index is 12.6. The maximum absolute atomic E-state index is 12.6. The molecule has 1 saturated heterocycles. The molecule has 0 spiro atoms. The lowest BCUT2D eigenvalue weighted by molar-refractivity contribution is 0.0203. The van der Waals surface area contributed by atoms with Gasteiger partial charge in [-0.3, -0.25) is 10.1 Å². The Labute approximate surface area is 197 Å². The van der Waals surface area contributed by atoms with Crippen LogP contribution in [0, 0.1) is 0 Å². The number of aromatic amines is 1. The number of benzene rings is 1. The highest BCUT2D eigenvalue weighted by atomic mass is 16.6. The Morgan fingerprint density at radius 3 is 2.56 bits per heavy atom. The van der Waals surface area contributed by atoms with Crippen LogP contribution in [0.2, 0.25) is 0 Å². The SMILES string of the molecule is CC(C)OC(=O)Nc1cccc2nn3c(C4CCN(C(=O)OC(C)(C)C)CC4)cc(=O)[nH]c3c12. The lowest BCUT2D eigenvalue weighted by Crippen LogP contribution is -2.41. The summed E-state index contributed by atoms with van der Waals surface area (Å²) >= 11 is 0. The van der Waals surface area contributed by atoms with Crippen molar-refractivity contribution < 1.29 is 19.1 Å². The summed E-state index contributed by atoms with van der Waals surface area (Å²) in [6.07, 6.45) is 0.200. The molecule has 182 valence electrons. The second kappa shape index (κ2) is 9.00. The highest BCUT2D eigenvalue weighted by Gasteiger charge is 2.29. The van der Waals surface area contributed by atoms with Gasteiger partial charge >= 0.3 is 12.2 Å². The Kier molecular flexibility index (Phi) is 6.24. The number of H-pyrrole nitrogens is 1. The molecule has 0 radical (unpaired) electrons. The van der Waals surface area contributed by atoms with Gasteiger partial charge in [0.05, 0.1) is 28.4 Å². The first-order valence-corrected chi connectivity index (χ1v) is 11.5. The van der Waals surface area contributed by atoms with Crippen LogP contribution < -0.4 is 10.9 Å². The second-order valence-corrected chi connectivity index (χ2v) is 9.84. The van der Waals surface area contributed by atoms with Gasteiger partial charge in [0.2, 0.25) is 0 Å². The minimum atomic E-state index is -0.574. The predicted molar refractivity (Wildman–Crippen MR) is 128 cm³/mol. The zero-order valence-corrected chi connectivity index (χ0v) is 20.2. The van der Waals surface area contributed by atoms with E-state index >= 15 is 0 Å². The second-order valence-electron chi connectivity index (χ2n) is 9.84. The van der Waals surface area contributed by atoms with E-state index in [1.54, 1.807) is 41.5 Å². The zero-order valence-electron chi connectivity index (χ0n) is 20.2. The van der Waals surface area contributed by atoms with Gasteiger partial charge in [0.15, 0.2) is 0 Å². The van der Waals surface area contributed by atoms with Crippen LogP contribution in [-0.2, 0) is 9.47 Å². The third kappa shape index (κ3) is 5.00. The van der Waals surface area contributed by atoms with Crippen LogP contribution in [-0.4, -0.2) is 56.5 Å². The first kappa shape index (κ1) is 23.6. The van der Waals surface area contributed by atoms with E-state index in [0.717, 1.165) is 5.69 Å². The molecule has 2 N–H and O–H groups in total. The summed E-state index contributed by atoms with van der Waals surface area (Å²) in [5, 5.41) is 8.10. The number of hydrogen-bond acceptors (Lipinski definition) is 6. The molecular weight excluding hydrogens is 438 g/mol. The minimum Gasteiger partial charge on any atom is -0.447 e. The summed E-state index contributed by atoms with van der Waals surface area (Å²) < 4.78 is 12.4. The van der Waals surface area contributed by atoms with Crippen molar-refractivity contribution in [2.75, 3.05) is 18.4 Å². The predicted octanol–water partition coefficient (Wildman–Crippen LogP) is 4.25. The van der Waals surface area contributed by atoms with Crippen LogP contribution in [0.1, 0.15) is 59.1 Å². The lowest BCUT2D eigenvalue weighted by atomic mass is 9.93. The summed E-state index contributed by atoms with van der Waals surface area (Å²) in [4.78, 5) is 41.8. The van der Waals surface area contributed by atoms with Crippen molar-refractivity contribution in [3.05, 3.63) is 40.3 Å². The van der Waals surface area contributed by atoms with Gasteiger partial charge in [0.25, 0.3) is 5.56 Å². The molecule has 0 atom stereocenters. The highest BCUT2D eigenvalue weighted by Crippen LogP contribution is 2.32. The summed E-state index contributed by atoms with van der Waals surface area (Å²) in [5.74, 6) is 0.0418. The first-order valence-electron chi connectivity index (χ1n) is 11.5. The topological polar surface area (TPSA) is 118 Å². The van der Waals surface area contributed by atoms with Crippen molar-refractivity contribution >= 4 is 34.4 Å². The van der Waals surface area contributed by atoms with Crippen molar-refractivity contribution in [1.82, 2.24) is 19.5 Å². The molecular formula is C24H31N5O5. The molecule has 1 aromatic carbocycles. The number of anilines is 1. The number of hydrogen-bond donors (Lipinski definition) is 2. The van der Waals surface area contributed by atoms with Crippen LogP contribution in [0.4, 0.5) is 15.3 Å². The Bertz CT molecular complexity index is 1280. The monoisotopic (exact) mass is 469 g/mol. The van der Waals surface area contributed by atoms with Gasteiger partial charge in [0, 0.05) is 25.1 Å². The molecule has 2 aromatic heterocycles. The number of carbonyl (C=O) groups is 2. The fraction of sp³-hybridized carbons (Fsp3) is 0.500. The van der Waals surface area contributed by atoms with E-state index in [1.807, 2.05) is 26.8 Å². The molecule has 0 bridgehead atoms. The molecule has 0 saturated carbocycles. The number of nitrogens with zero attached hydrogens (tertiary/aromatic N) is 3. The van der Waals surface area contributed by atoms with Gasteiger partial charge in [-0.15, -0.1) is 0 Å². The quantitative estimate of drug-likeness (QED) is 0.592. The number of piperidine rings is 1. The van der Waals surface area contributed by atoms with Gasteiger partial charge in [-0.2, -0.15) is 5.10 Å². The first-order chi connectivity index (χ1) is 16.0. The number of likely N-dealkylation sites (tertiary alicyclic amines) is 1. The molecule has 1 aliphatic rings. The summed E-state index contributed by atoms with van der Waals surface area (Å²) in [6.45, 7) is 10.1. The normalized spacial score (nSPS) is 15.2. The summed E-state index contributed by atoms with van der Waals surface area (Å²) in [7, 11) is 0. The number of carbonyl (C=O) groups excluding carboxylic acids is 2. The third-order valence-electron chi connectivity index (χ3n) is 5.61. The van der Waals surface area contributed by atoms with Crippen LogP contribution >= 0.6 is 0 Å². The van der Waals surface area contributed by atoms with Crippen LogP contribution in [0.15, 0.2) is 29.1 Å². The van der Waals surface area contributed by atoms with Gasteiger partial charge in [-0.25, -0.2) is 14.1 Å².